The van der Waals surface area contributed by atoms with Crippen LogP contribution in [0.1, 0.15) is 6.92 Å². The van der Waals surface area contributed by atoms with Gasteiger partial charge in [0.1, 0.15) is 0 Å². The van der Waals surface area contributed by atoms with E-state index in [4.69, 9.17) is 11.6 Å². The molecule has 74 valence electrons. The molecule has 3 atom stereocenters. The number of likely N-dealkylation sites (tertiary alicyclic amines) is 1. The van der Waals surface area contributed by atoms with Crippen molar-refractivity contribution in [2.24, 2.45) is 11.8 Å². The Hall–Kier alpha value is -0.0500. The molecule has 0 radical (unpaired) electrons. The number of fused-ring (bicyclic) bond motifs is 1. The van der Waals surface area contributed by atoms with E-state index in [2.05, 4.69) is 23.7 Å². The van der Waals surface area contributed by atoms with Gasteiger partial charge in [-0.1, -0.05) is 18.2 Å². The quantitative estimate of drug-likeness (QED) is 0.723. The van der Waals surface area contributed by atoms with E-state index in [1.165, 1.54) is 19.6 Å². The van der Waals surface area contributed by atoms with Gasteiger partial charge < -0.3 is 5.32 Å². The Labute approximate surface area is 84.9 Å². The first kappa shape index (κ1) is 9.50. The number of nitrogens with zero attached hydrogens (tertiary/aromatic N) is 1. The van der Waals surface area contributed by atoms with Crippen molar-refractivity contribution in [3.8, 4) is 0 Å². The van der Waals surface area contributed by atoms with E-state index in [0.717, 1.165) is 23.4 Å². The van der Waals surface area contributed by atoms with Crippen LogP contribution in [0.5, 0.6) is 0 Å². The molecular weight excluding hydrogens is 184 g/mol. The summed E-state index contributed by atoms with van der Waals surface area (Å²) < 4.78 is 0. The zero-order chi connectivity index (χ0) is 9.42. The van der Waals surface area contributed by atoms with Gasteiger partial charge in [-0.15, -0.1) is 0 Å². The van der Waals surface area contributed by atoms with Crippen LogP contribution < -0.4 is 5.32 Å². The standard InChI is InChI=1S/C10H17ClN2/c1-7(11)5-13-6-9-3-12-4-10(9)8(13)2/h8-10,12H,1,3-6H2,2H3. The zero-order valence-corrected chi connectivity index (χ0v) is 8.85. The SMILES string of the molecule is C=C(Cl)CN1CC2CNCC2C1C. The van der Waals surface area contributed by atoms with Crippen molar-refractivity contribution >= 4 is 11.6 Å². The Morgan fingerprint density at radius 1 is 1.62 bits per heavy atom. The van der Waals surface area contributed by atoms with Crippen LogP contribution in [-0.2, 0) is 0 Å². The van der Waals surface area contributed by atoms with Gasteiger partial charge in [0.25, 0.3) is 0 Å². The summed E-state index contributed by atoms with van der Waals surface area (Å²) in [6.45, 7) is 10.5. The van der Waals surface area contributed by atoms with E-state index in [1.807, 2.05) is 0 Å². The van der Waals surface area contributed by atoms with E-state index in [1.54, 1.807) is 0 Å². The van der Waals surface area contributed by atoms with Crippen LogP contribution in [0.4, 0.5) is 0 Å². The monoisotopic (exact) mass is 200 g/mol. The average Bonchev–Trinajstić information content (AvgIpc) is 2.56. The van der Waals surface area contributed by atoms with Crippen molar-refractivity contribution in [1.29, 1.82) is 0 Å². The molecule has 1 N–H and O–H groups in total. The van der Waals surface area contributed by atoms with Gasteiger partial charge in [0, 0.05) is 24.2 Å². The first-order chi connectivity index (χ1) is 6.18. The Kier molecular flexibility index (Phi) is 2.63. The van der Waals surface area contributed by atoms with Crippen LogP contribution in [-0.4, -0.2) is 37.1 Å². The molecule has 0 aromatic carbocycles. The van der Waals surface area contributed by atoms with Crippen molar-refractivity contribution in [3.05, 3.63) is 11.6 Å². The van der Waals surface area contributed by atoms with Gasteiger partial charge in [-0.25, -0.2) is 0 Å². The molecule has 0 bridgehead atoms. The molecule has 0 amide bonds. The molecule has 3 unspecified atom stereocenters. The van der Waals surface area contributed by atoms with E-state index in [0.29, 0.717) is 6.04 Å². The largest absolute Gasteiger partial charge is 0.316 e. The maximum Gasteiger partial charge on any atom is 0.0338 e. The molecule has 2 saturated heterocycles. The lowest BCUT2D eigenvalue weighted by Gasteiger charge is -2.23. The minimum Gasteiger partial charge on any atom is -0.316 e. The van der Waals surface area contributed by atoms with Crippen LogP contribution >= 0.6 is 11.6 Å². The van der Waals surface area contributed by atoms with Crippen molar-refractivity contribution < 1.29 is 0 Å². The lowest BCUT2D eigenvalue weighted by Crippen LogP contribution is -2.33. The molecule has 2 rings (SSSR count). The summed E-state index contributed by atoms with van der Waals surface area (Å²) >= 11 is 5.83. The smallest absolute Gasteiger partial charge is 0.0338 e. The van der Waals surface area contributed by atoms with Crippen LogP contribution in [0.25, 0.3) is 0 Å². The summed E-state index contributed by atoms with van der Waals surface area (Å²) in [5, 5.41) is 4.21. The number of hydrogen-bond acceptors (Lipinski definition) is 2. The second kappa shape index (κ2) is 3.60. The van der Waals surface area contributed by atoms with Gasteiger partial charge >= 0.3 is 0 Å². The third kappa shape index (κ3) is 1.76. The maximum absolute atomic E-state index is 5.83. The average molecular weight is 201 g/mol. The van der Waals surface area contributed by atoms with E-state index >= 15 is 0 Å². The summed E-state index contributed by atoms with van der Waals surface area (Å²) in [4.78, 5) is 2.45. The van der Waals surface area contributed by atoms with E-state index in [9.17, 15) is 0 Å². The Morgan fingerprint density at radius 2 is 2.38 bits per heavy atom. The minimum atomic E-state index is 0.662. The Balaban J connectivity index is 1.98. The summed E-state index contributed by atoms with van der Waals surface area (Å²) in [5.41, 5.74) is 0. The highest BCUT2D eigenvalue weighted by Gasteiger charge is 2.41. The lowest BCUT2D eigenvalue weighted by atomic mass is 9.95. The number of rotatable bonds is 2. The number of nitrogens with one attached hydrogen (secondary N) is 1. The highest BCUT2D eigenvalue weighted by Crippen LogP contribution is 2.32. The molecular formula is C10H17ClN2. The molecule has 2 nitrogen and oxygen atoms in total. The lowest BCUT2D eigenvalue weighted by molar-refractivity contribution is 0.262. The fourth-order valence-corrected chi connectivity index (χ4v) is 2.84. The zero-order valence-electron chi connectivity index (χ0n) is 8.09. The predicted octanol–water partition coefficient (Wildman–Crippen LogP) is 1.28. The molecule has 2 fully saturated rings. The minimum absolute atomic E-state index is 0.662. The van der Waals surface area contributed by atoms with Crippen LogP contribution in [0.15, 0.2) is 11.6 Å². The first-order valence-electron chi connectivity index (χ1n) is 4.96. The van der Waals surface area contributed by atoms with Crippen molar-refractivity contribution in [1.82, 2.24) is 10.2 Å². The van der Waals surface area contributed by atoms with Gasteiger partial charge in [0.2, 0.25) is 0 Å². The molecule has 2 heterocycles. The third-order valence-electron chi connectivity index (χ3n) is 3.43. The van der Waals surface area contributed by atoms with Gasteiger partial charge in [-0.2, -0.15) is 0 Å². The van der Waals surface area contributed by atoms with Gasteiger partial charge in [-0.3, -0.25) is 4.90 Å². The molecule has 0 aromatic heterocycles. The van der Waals surface area contributed by atoms with Crippen LogP contribution in [0.3, 0.4) is 0 Å². The summed E-state index contributed by atoms with van der Waals surface area (Å²) in [6, 6.07) is 0.662. The molecule has 13 heavy (non-hydrogen) atoms. The summed E-state index contributed by atoms with van der Waals surface area (Å²) in [6.07, 6.45) is 0. The fourth-order valence-electron chi connectivity index (χ4n) is 2.68. The summed E-state index contributed by atoms with van der Waals surface area (Å²) in [7, 11) is 0. The molecule has 2 aliphatic rings. The number of hydrogen-bond donors (Lipinski definition) is 1. The molecule has 0 aromatic rings. The van der Waals surface area contributed by atoms with Crippen molar-refractivity contribution in [2.45, 2.75) is 13.0 Å². The van der Waals surface area contributed by atoms with E-state index < -0.39 is 0 Å². The van der Waals surface area contributed by atoms with Crippen molar-refractivity contribution in [3.63, 3.8) is 0 Å². The maximum atomic E-state index is 5.83. The molecule has 0 spiro atoms. The van der Waals surface area contributed by atoms with Gasteiger partial charge in [-0.05, 0) is 31.8 Å². The van der Waals surface area contributed by atoms with Gasteiger partial charge in [0.15, 0.2) is 0 Å². The molecule has 0 aliphatic carbocycles. The molecule has 3 heteroatoms. The second-order valence-corrected chi connectivity index (χ2v) is 4.80. The van der Waals surface area contributed by atoms with Crippen LogP contribution in [0.2, 0.25) is 0 Å². The first-order valence-corrected chi connectivity index (χ1v) is 5.34. The number of halogens is 1. The highest BCUT2D eigenvalue weighted by molar-refractivity contribution is 6.29. The summed E-state index contributed by atoms with van der Waals surface area (Å²) in [5.74, 6) is 1.67. The highest BCUT2D eigenvalue weighted by atomic mass is 35.5. The normalized spacial score (nSPS) is 39.4. The van der Waals surface area contributed by atoms with Crippen molar-refractivity contribution in [2.75, 3.05) is 26.2 Å². The van der Waals surface area contributed by atoms with Crippen LogP contribution in [0, 0.1) is 11.8 Å². The second-order valence-electron chi connectivity index (χ2n) is 4.27. The fraction of sp³-hybridized carbons (Fsp3) is 0.800. The van der Waals surface area contributed by atoms with E-state index in [-0.39, 0.29) is 0 Å². The van der Waals surface area contributed by atoms with Gasteiger partial charge in [0.05, 0.1) is 0 Å². The predicted molar refractivity (Wildman–Crippen MR) is 55.9 cm³/mol. The topological polar surface area (TPSA) is 15.3 Å². The molecule has 2 aliphatic heterocycles. The Bertz CT molecular complexity index is 217. The third-order valence-corrected chi connectivity index (χ3v) is 3.55. The Morgan fingerprint density at radius 3 is 3.00 bits per heavy atom. The molecule has 0 saturated carbocycles.